The number of amides is 1. The fourth-order valence-corrected chi connectivity index (χ4v) is 3.32. The Bertz CT molecular complexity index is 693. The number of carbonyl (C=O) groups excluding carboxylic acids is 1. The number of piperazine rings is 1. The highest BCUT2D eigenvalue weighted by atomic mass is 16.5. The van der Waals surface area contributed by atoms with Gasteiger partial charge in [-0.1, -0.05) is 37.3 Å². The third-order valence-electron chi connectivity index (χ3n) is 5.15. The zero-order chi connectivity index (χ0) is 16.9. The number of hydrogen-bond donors (Lipinski definition) is 1. The van der Waals surface area contributed by atoms with Crippen LogP contribution in [0.5, 0.6) is 5.75 Å². The predicted octanol–water partition coefficient (Wildman–Crippen LogP) is 1.74. The molecule has 1 aliphatic heterocycles. The number of nitrogens with zero attached hydrogens (tertiary/aromatic N) is 1. The lowest BCUT2D eigenvalue weighted by atomic mass is 10.1. The molecule has 1 N–H and O–H groups in total. The van der Waals surface area contributed by atoms with Crippen LogP contribution in [0.25, 0.3) is 10.8 Å². The number of fused-ring (bicyclic) bond motifs is 1. The summed E-state index contributed by atoms with van der Waals surface area (Å²) >= 11 is 0. The van der Waals surface area contributed by atoms with Gasteiger partial charge in [0.05, 0.1) is 32.2 Å². The molecule has 1 amide bonds. The summed E-state index contributed by atoms with van der Waals surface area (Å²) in [5, 5.41) is 2.31. The van der Waals surface area contributed by atoms with Crippen LogP contribution in [0.1, 0.15) is 20.3 Å². The molecule has 4 nitrogen and oxygen atoms in total. The maximum Gasteiger partial charge on any atom is 0.260 e. The van der Waals surface area contributed by atoms with Gasteiger partial charge in [0.15, 0.2) is 6.61 Å². The molecule has 4 heteroatoms. The second-order valence-corrected chi connectivity index (χ2v) is 6.65. The Morgan fingerprint density at radius 1 is 1.17 bits per heavy atom. The second kappa shape index (κ2) is 7.67. The Morgan fingerprint density at radius 3 is 2.58 bits per heavy atom. The van der Waals surface area contributed by atoms with Crippen molar-refractivity contribution in [1.82, 2.24) is 4.90 Å². The molecule has 0 saturated carbocycles. The van der Waals surface area contributed by atoms with Crippen molar-refractivity contribution in [3.63, 3.8) is 0 Å². The van der Waals surface area contributed by atoms with Gasteiger partial charge in [0.25, 0.3) is 5.91 Å². The van der Waals surface area contributed by atoms with E-state index in [4.69, 9.17) is 4.74 Å². The van der Waals surface area contributed by atoms with E-state index in [2.05, 4.69) is 26.0 Å². The fourth-order valence-electron chi connectivity index (χ4n) is 3.32. The molecule has 1 heterocycles. The van der Waals surface area contributed by atoms with Gasteiger partial charge in [-0.05, 0) is 36.2 Å². The highest BCUT2D eigenvalue weighted by Gasteiger charge is 2.26. The minimum Gasteiger partial charge on any atom is -0.484 e. The second-order valence-electron chi connectivity index (χ2n) is 6.65. The highest BCUT2D eigenvalue weighted by Crippen LogP contribution is 2.20. The van der Waals surface area contributed by atoms with Crippen molar-refractivity contribution in [3.05, 3.63) is 42.5 Å². The Labute approximate surface area is 144 Å². The van der Waals surface area contributed by atoms with E-state index >= 15 is 0 Å². The van der Waals surface area contributed by atoms with E-state index in [9.17, 15) is 4.79 Å². The van der Waals surface area contributed by atoms with Crippen LogP contribution in [0, 0.1) is 0 Å². The summed E-state index contributed by atoms with van der Waals surface area (Å²) in [7, 11) is 0. The van der Waals surface area contributed by atoms with E-state index in [1.54, 1.807) is 4.90 Å². The minimum absolute atomic E-state index is 0.0892. The Hall–Kier alpha value is -2.07. The molecule has 2 aromatic carbocycles. The van der Waals surface area contributed by atoms with Gasteiger partial charge in [0.1, 0.15) is 5.75 Å². The van der Waals surface area contributed by atoms with Gasteiger partial charge in [0, 0.05) is 0 Å². The molecule has 0 aliphatic carbocycles. The lowest BCUT2D eigenvalue weighted by molar-refractivity contribution is -0.927. The number of rotatable bonds is 5. The first-order chi connectivity index (χ1) is 11.7. The zero-order valence-corrected chi connectivity index (χ0v) is 14.6. The first-order valence-corrected chi connectivity index (χ1v) is 8.91. The SMILES string of the molecule is CCC(C)[NH+]1CCN(C(=O)COc2ccc3ccccc3c2)CC1. The Balaban J connectivity index is 1.52. The number of hydrogen-bond acceptors (Lipinski definition) is 2. The smallest absolute Gasteiger partial charge is 0.260 e. The topological polar surface area (TPSA) is 34.0 Å². The summed E-state index contributed by atoms with van der Waals surface area (Å²) in [6.45, 7) is 8.38. The third kappa shape index (κ3) is 3.88. The van der Waals surface area contributed by atoms with Crippen molar-refractivity contribution >= 4 is 16.7 Å². The summed E-state index contributed by atoms with van der Waals surface area (Å²) in [4.78, 5) is 15.9. The number of ether oxygens (including phenoxy) is 1. The van der Waals surface area contributed by atoms with Crippen molar-refractivity contribution < 1.29 is 14.4 Å². The first kappa shape index (κ1) is 16.8. The van der Waals surface area contributed by atoms with Gasteiger partial charge in [-0.25, -0.2) is 0 Å². The molecule has 0 aromatic heterocycles. The average Bonchev–Trinajstić information content (AvgIpc) is 2.65. The van der Waals surface area contributed by atoms with Gasteiger partial charge in [-0.3, -0.25) is 4.79 Å². The molecule has 3 rings (SSSR count). The van der Waals surface area contributed by atoms with Gasteiger partial charge in [-0.15, -0.1) is 0 Å². The Kier molecular flexibility index (Phi) is 5.36. The van der Waals surface area contributed by atoms with Crippen molar-refractivity contribution in [1.29, 1.82) is 0 Å². The minimum atomic E-state index is 0.0892. The summed E-state index contributed by atoms with van der Waals surface area (Å²) in [6.07, 6.45) is 1.19. The molecule has 1 fully saturated rings. The van der Waals surface area contributed by atoms with Crippen LogP contribution >= 0.6 is 0 Å². The van der Waals surface area contributed by atoms with E-state index in [0.717, 1.165) is 37.3 Å². The molecule has 1 atom stereocenters. The van der Waals surface area contributed by atoms with Gasteiger partial charge < -0.3 is 14.5 Å². The lowest BCUT2D eigenvalue weighted by Crippen LogP contribution is -3.17. The molecule has 1 aliphatic rings. The fraction of sp³-hybridized carbons (Fsp3) is 0.450. The van der Waals surface area contributed by atoms with E-state index in [0.29, 0.717) is 6.04 Å². The van der Waals surface area contributed by atoms with Crippen molar-refractivity contribution in [2.24, 2.45) is 0 Å². The molecule has 0 bridgehead atoms. The van der Waals surface area contributed by atoms with E-state index in [1.165, 1.54) is 11.8 Å². The zero-order valence-electron chi connectivity index (χ0n) is 14.6. The maximum absolute atomic E-state index is 12.4. The van der Waals surface area contributed by atoms with Crippen LogP contribution in [-0.4, -0.2) is 49.6 Å². The third-order valence-corrected chi connectivity index (χ3v) is 5.15. The van der Waals surface area contributed by atoms with Crippen LogP contribution in [-0.2, 0) is 4.79 Å². The highest BCUT2D eigenvalue weighted by molar-refractivity contribution is 5.84. The van der Waals surface area contributed by atoms with Crippen molar-refractivity contribution in [2.75, 3.05) is 32.8 Å². The van der Waals surface area contributed by atoms with E-state index in [1.807, 2.05) is 35.2 Å². The summed E-state index contributed by atoms with van der Waals surface area (Å²) in [5.74, 6) is 0.845. The first-order valence-electron chi connectivity index (χ1n) is 8.91. The largest absolute Gasteiger partial charge is 0.484 e. The molecular formula is C20H27N2O2+. The van der Waals surface area contributed by atoms with E-state index in [-0.39, 0.29) is 12.5 Å². The average molecular weight is 327 g/mol. The van der Waals surface area contributed by atoms with Crippen LogP contribution in [0.2, 0.25) is 0 Å². The normalized spacial score (nSPS) is 17.0. The molecule has 24 heavy (non-hydrogen) atoms. The predicted molar refractivity (Wildman–Crippen MR) is 96.5 cm³/mol. The van der Waals surface area contributed by atoms with Gasteiger partial charge in [-0.2, -0.15) is 0 Å². The monoisotopic (exact) mass is 327 g/mol. The standard InChI is InChI=1S/C20H26N2O2/c1-3-16(2)21-10-12-22(13-11-21)20(23)15-24-19-9-8-17-6-4-5-7-18(17)14-19/h4-9,14,16H,3,10-13,15H2,1-2H3/p+1. The molecule has 1 unspecified atom stereocenters. The summed E-state index contributed by atoms with van der Waals surface area (Å²) in [5.41, 5.74) is 0. The van der Waals surface area contributed by atoms with Crippen molar-refractivity contribution in [2.45, 2.75) is 26.3 Å². The van der Waals surface area contributed by atoms with Crippen LogP contribution in [0.15, 0.2) is 42.5 Å². The molecule has 2 aromatic rings. The molecular weight excluding hydrogens is 300 g/mol. The van der Waals surface area contributed by atoms with E-state index < -0.39 is 0 Å². The van der Waals surface area contributed by atoms with Crippen molar-refractivity contribution in [3.8, 4) is 5.75 Å². The maximum atomic E-state index is 12.4. The molecule has 1 saturated heterocycles. The number of nitrogens with one attached hydrogen (secondary N) is 1. The summed E-state index contributed by atoms with van der Waals surface area (Å²) in [6, 6.07) is 14.8. The number of carbonyl (C=O) groups is 1. The summed E-state index contributed by atoms with van der Waals surface area (Å²) < 4.78 is 5.73. The van der Waals surface area contributed by atoms with Crippen LogP contribution < -0.4 is 9.64 Å². The number of benzene rings is 2. The number of quaternary nitrogens is 1. The molecule has 0 radical (unpaired) electrons. The molecule has 0 spiro atoms. The van der Waals surface area contributed by atoms with Gasteiger partial charge >= 0.3 is 0 Å². The van der Waals surface area contributed by atoms with Crippen LogP contribution in [0.4, 0.5) is 0 Å². The van der Waals surface area contributed by atoms with Gasteiger partial charge in [0.2, 0.25) is 0 Å². The lowest BCUT2D eigenvalue weighted by Gasteiger charge is -2.35. The Morgan fingerprint density at radius 2 is 1.88 bits per heavy atom. The quantitative estimate of drug-likeness (QED) is 0.908. The van der Waals surface area contributed by atoms with Crippen LogP contribution in [0.3, 0.4) is 0 Å². The molecule has 128 valence electrons.